The Bertz CT molecular complexity index is 873. The van der Waals surface area contributed by atoms with Crippen LogP contribution in [-0.4, -0.2) is 17.7 Å². The van der Waals surface area contributed by atoms with E-state index in [0.717, 1.165) is 24.1 Å². The summed E-state index contributed by atoms with van der Waals surface area (Å²) >= 11 is 0. The lowest BCUT2D eigenvalue weighted by molar-refractivity contribution is -0.117. The summed E-state index contributed by atoms with van der Waals surface area (Å²) in [5.41, 5.74) is 2.79. The Labute approximate surface area is 164 Å². The zero-order chi connectivity index (χ0) is 20.1. The number of hydrogen-bond acceptors (Lipinski definition) is 3. The molecule has 0 aliphatic heterocycles. The molecule has 0 spiro atoms. The second-order valence-electron chi connectivity index (χ2n) is 7.06. The number of amides is 3. The Kier molecular flexibility index (Phi) is 6.09. The molecule has 0 aromatic heterocycles. The van der Waals surface area contributed by atoms with Crippen molar-refractivity contribution in [3.05, 3.63) is 59.7 Å². The topological polar surface area (TPSA) is 87.3 Å². The molecular formula is C22H25N3O3. The Hall–Kier alpha value is -3.15. The zero-order valence-corrected chi connectivity index (χ0v) is 16.1. The van der Waals surface area contributed by atoms with E-state index in [9.17, 15) is 14.4 Å². The lowest BCUT2D eigenvalue weighted by atomic mass is 10.1. The molecular weight excluding hydrogens is 354 g/mol. The van der Waals surface area contributed by atoms with Gasteiger partial charge < -0.3 is 16.0 Å². The molecule has 1 saturated carbocycles. The lowest BCUT2D eigenvalue weighted by Crippen LogP contribution is -2.26. The van der Waals surface area contributed by atoms with Crippen molar-refractivity contribution in [3.63, 3.8) is 0 Å². The van der Waals surface area contributed by atoms with E-state index in [4.69, 9.17) is 0 Å². The predicted octanol–water partition coefficient (Wildman–Crippen LogP) is 3.87. The smallest absolute Gasteiger partial charge is 0.251 e. The van der Waals surface area contributed by atoms with Gasteiger partial charge in [-0.25, -0.2) is 0 Å². The van der Waals surface area contributed by atoms with Crippen LogP contribution >= 0.6 is 0 Å². The lowest BCUT2D eigenvalue weighted by Gasteiger charge is -2.15. The highest BCUT2D eigenvalue weighted by atomic mass is 16.2. The van der Waals surface area contributed by atoms with E-state index in [1.807, 2.05) is 31.2 Å². The van der Waals surface area contributed by atoms with Gasteiger partial charge in [0, 0.05) is 29.3 Å². The quantitative estimate of drug-likeness (QED) is 0.682. The van der Waals surface area contributed by atoms with Crippen LogP contribution in [0.1, 0.15) is 55.1 Å². The summed E-state index contributed by atoms with van der Waals surface area (Å²) < 4.78 is 0. The van der Waals surface area contributed by atoms with E-state index in [0.29, 0.717) is 17.7 Å². The zero-order valence-electron chi connectivity index (χ0n) is 16.1. The number of hydrogen-bond donors (Lipinski definition) is 3. The highest BCUT2D eigenvalue weighted by Crippen LogP contribution is 2.30. The van der Waals surface area contributed by atoms with Crippen molar-refractivity contribution >= 4 is 29.1 Å². The molecule has 0 bridgehead atoms. The Morgan fingerprint density at radius 2 is 1.71 bits per heavy atom. The third-order valence-corrected chi connectivity index (χ3v) is 4.70. The molecule has 0 saturated heterocycles. The molecule has 3 amide bonds. The first-order valence-electron chi connectivity index (χ1n) is 9.58. The van der Waals surface area contributed by atoms with Crippen LogP contribution in [0.4, 0.5) is 11.4 Å². The van der Waals surface area contributed by atoms with Crippen LogP contribution in [0.2, 0.25) is 0 Å². The summed E-state index contributed by atoms with van der Waals surface area (Å²) in [4.78, 5) is 35.9. The number of benzene rings is 2. The van der Waals surface area contributed by atoms with Crippen molar-refractivity contribution in [1.82, 2.24) is 5.32 Å². The Morgan fingerprint density at radius 1 is 1.00 bits per heavy atom. The van der Waals surface area contributed by atoms with Gasteiger partial charge in [-0.3, -0.25) is 14.4 Å². The molecule has 6 heteroatoms. The van der Waals surface area contributed by atoms with Gasteiger partial charge in [0.1, 0.15) is 0 Å². The van der Waals surface area contributed by atoms with E-state index in [1.54, 1.807) is 31.2 Å². The standard InChI is InChI=1S/C22H25N3O3/c1-3-20(26)24-18-11-9-15(10-12-18)14(2)23-22(28)17-5-4-6-19(13-17)25-21(27)16-7-8-16/h4-6,9-14,16H,3,7-8H2,1-2H3,(H,23,28)(H,24,26)(H,25,27). The summed E-state index contributed by atoms with van der Waals surface area (Å²) in [6, 6.07) is 14.1. The molecule has 28 heavy (non-hydrogen) atoms. The maximum Gasteiger partial charge on any atom is 0.251 e. The molecule has 2 aromatic rings. The molecule has 3 rings (SSSR count). The molecule has 0 heterocycles. The summed E-state index contributed by atoms with van der Waals surface area (Å²) in [5, 5.41) is 8.62. The second-order valence-corrected chi connectivity index (χ2v) is 7.06. The minimum atomic E-state index is -0.210. The number of carbonyl (C=O) groups excluding carboxylic acids is 3. The van der Waals surface area contributed by atoms with Crippen LogP contribution in [0, 0.1) is 5.92 Å². The van der Waals surface area contributed by atoms with Crippen molar-refractivity contribution in [2.75, 3.05) is 10.6 Å². The maximum absolute atomic E-state index is 12.6. The molecule has 146 valence electrons. The van der Waals surface area contributed by atoms with E-state index < -0.39 is 0 Å². The van der Waals surface area contributed by atoms with Gasteiger partial charge in [-0.05, 0) is 55.7 Å². The monoisotopic (exact) mass is 379 g/mol. The van der Waals surface area contributed by atoms with E-state index in [-0.39, 0.29) is 29.7 Å². The maximum atomic E-state index is 12.6. The summed E-state index contributed by atoms with van der Waals surface area (Å²) in [6.07, 6.45) is 2.29. The number of rotatable bonds is 7. The van der Waals surface area contributed by atoms with Crippen LogP contribution < -0.4 is 16.0 Å². The van der Waals surface area contributed by atoms with E-state index in [1.165, 1.54) is 0 Å². The highest BCUT2D eigenvalue weighted by molar-refractivity contribution is 5.98. The van der Waals surface area contributed by atoms with Crippen LogP contribution in [0.3, 0.4) is 0 Å². The van der Waals surface area contributed by atoms with Gasteiger partial charge in [0.25, 0.3) is 5.91 Å². The summed E-state index contributed by atoms with van der Waals surface area (Å²) in [7, 11) is 0. The van der Waals surface area contributed by atoms with Crippen molar-refractivity contribution in [1.29, 1.82) is 0 Å². The fourth-order valence-corrected chi connectivity index (χ4v) is 2.80. The first-order valence-corrected chi connectivity index (χ1v) is 9.58. The predicted molar refractivity (Wildman–Crippen MR) is 109 cm³/mol. The van der Waals surface area contributed by atoms with Crippen LogP contribution in [0.5, 0.6) is 0 Å². The average Bonchev–Trinajstić information content (AvgIpc) is 3.54. The van der Waals surface area contributed by atoms with E-state index >= 15 is 0 Å². The fraction of sp³-hybridized carbons (Fsp3) is 0.318. The van der Waals surface area contributed by atoms with Crippen molar-refractivity contribution in [2.24, 2.45) is 5.92 Å². The molecule has 2 aromatic carbocycles. The molecule has 1 fully saturated rings. The normalized spacial score (nSPS) is 14.1. The van der Waals surface area contributed by atoms with Crippen molar-refractivity contribution < 1.29 is 14.4 Å². The van der Waals surface area contributed by atoms with Crippen molar-refractivity contribution in [3.8, 4) is 0 Å². The van der Waals surface area contributed by atoms with Gasteiger partial charge in [-0.15, -0.1) is 0 Å². The van der Waals surface area contributed by atoms with Crippen LogP contribution in [0.15, 0.2) is 48.5 Å². The molecule has 1 atom stereocenters. The molecule has 0 radical (unpaired) electrons. The van der Waals surface area contributed by atoms with Gasteiger partial charge in [0.05, 0.1) is 6.04 Å². The average molecular weight is 379 g/mol. The number of anilines is 2. The minimum absolute atomic E-state index is 0.0150. The van der Waals surface area contributed by atoms with Crippen LogP contribution in [-0.2, 0) is 9.59 Å². The number of carbonyl (C=O) groups is 3. The fourth-order valence-electron chi connectivity index (χ4n) is 2.80. The molecule has 3 N–H and O–H groups in total. The third-order valence-electron chi connectivity index (χ3n) is 4.70. The SMILES string of the molecule is CCC(=O)Nc1ccc(C(C)NC(=O)c2cccc(NC(=O)C3CC3)c2)cc1. The van der Waals surface area contributed by atoms with Gasteiger partial charge >= 0.3 is 0 Å². The van der Waals surface area contributed by atoms with Crippen LogP contribution in [0.25, 0.3) is 0 Å². The second kappa shape index (κ2) is 8.69. The number of nitrogens with one attached hydrogen (secondary N) is 3. The highest BCUT2D eigenvalue weighted by Gasteiger charge is 2.29. The van der Waals surface area contributed by atoms with Gasteiger partial charge in [0.15, 0.2) is 0 Å². The Morgan fingerprint density at radius 3 is 2.36 bits per heavy atom. The summed E-state index contributed by atoms with van der Waals surface area (Å²) in [6.45, 7) is 3.70. The van der Waals surface area contributed by atoms with E-state index in [2.05, 4.69) is 16.0 Å². The Balaban J connectivity index is 1.60. The van der Waals surface area contributed by atoms with Crippen molar-refractivity contribution in [2.45, 2.75) is 39.2 Å². The van der Waals surface area contributed by atoms with Gasteiger partial charge in [-0.1, -0.05) is 25.1 Å². The molecule has 1 unspecified atom stereocenters. The largest absolute Gasteiger partial charge is 0.346 e. The van der Waals surface area contributed by atoms with Gasteiger partial charge in [-0.2, -0.15) is 0 Å². The molecule has 1 aliphatic carbocycles. The first-order chi connectivity index (χ1) is 13.5. The molecule has 6 nitrogen and oxygen atoms in total. The first kappa shape index (κ1) is 19.6. The summed E-state index contributed by atoms with van der Waals surface area (Å²) in [5.74, 6) is -0.120. The third kappa shape index (κ3) is 5.19. The molecule has 1 aliphatic rings. The van der Waals surface area contributed by atoms with Gasteiger partial charge in [0.2, 0.25) is 11.8 Å². The minimum Gasteiger partial charge on any atom is -0.346 e.